The van der Waals surface area contributed by atoms with Gasteiger partial charge in [-0.3, -0.25) is 0 Å². The maximum absolute atomic E-state index is 5.93. The predicted molar refractivity (Wildman–Crippen MR) is 72.8 cm³/mol. The molecule has 1 saturated heterocycles. The van der Waals surface area contributed by atoms with E-state index in [4.69, 9.17) is 4.74 Å². The van der Waals surface area contributed by atoms with Crippen LogP contribution in [0.15, 0.2) is 0 Å². The largest absolute Gasteiger partial charge is 0.373 e. The van der Waals surface area contributed by atoms with Gasteiger partial charge in [0.2, 0.25) is 0 Å². The van der Waals surface area contributed by atoms with Crippen LogP contribution in [0.1, 0.15) is 50.2 Å². The fourth-order valence-corrected chi connectivity index (χ4v) is 2.57. The van der Waals surface area contributed by atoms with Gasteiger partial charge in [0.05, 0.1) is 0 Å². The molecule has 1 aliphatic rings. The highest BCUT2D eigenvalue weighted by Gasteiger charge is 2.33. The van der Waals surface area contributed by atoms with Crippen molar-refractivity contribution >= 4 is 5.82 Å². The third-order valence-corrected chi connectivity index (χ3v) is 3.75. The monoisotopic (exact) mass is 249 g/mol. The van der Waals surface area contributed by atoms with Crippen LogP contribution in [0.4, 0.5) is 5.82 Å². The lowest BCUT2D eigenvalue weighted by Crippen LogP contribution is -2.33. The Morgan fingerprint density at radius 2 is 2.11 bits per heavy atom. The molecule has 1 unspecified atom stereocenters. The second kappa shape index (κ2) is 5.22. The van der Waals surface area contributed by atoms with Crippen molar-refractivity contribution in [3.63, 3.8) is 0 Å². The number of nitrogens with one attached hydrogen (secondary N) is 1. The summed E-state index contributed by atoms with van der Waals surface area (Å²) in [6, 6.07) is 0. The molecule has 0 spiro atoms. The number of hydrogen-bond acceptors (Lipinski definition) is 4. The number of ether oxygens (including phenoxy) is 1. The number of anilines is 1. The van der Waals surface area contributed by atoms with Gasteiger partial charge in [0, 0.05) is 24.9 Å². The topological polar surface area (TPSA) is 47.0 Å². The van der Waals surface area contributed by atoms with E-state index in [1.165, 1.54) is 12.0 Å². The van der Waals surface area contributed by atoms with E-state index < -0.39 is 0 Å². The van der Waals surface area contributed by atoms with E-state index in [9.17, 15) is 0 Å². The summed E-state index contributed by atoms with van der Waals surface area (Å²) < 4.78 is 5.93. The zero-order valence-electron chi connectivity index (χ0n) is 11.8. The fraction of sp³-hybridized carbons (Fsp3) is 0.714. The second-order valence-corrected chi connectivity index (χ2v) is 5.10. The summed E-state index contributed by atoms with van der Waals surface area (Å²) in [5, 5.41) is 3.18. The van der Waals surface area contributed by atoms with Gasteiger partial charge >= 0.3 is 0 Å². The lowest BCUT2D eigenvalue weighted by Gasteiger charge is -2.33. The average molecular weight is 249 g/mol. The SMILES string of the molecule is CCc1c(C)nc(C2(C)CCCCO2)nc1NC. The van der Waals surface area contributed by atoms with Gasteiger partial charge in [0.1, 0.15) is 11.4 Å². The van der Waals surface area contributed by atoms with Gasteiger partial charge < -0.3 is 10.1 Å². The standard InChI is InChI=1S/C14H23N3O/c1-5-11-10(2)16-13(17-12(11)15-4)14(3)8-6-7-9-18-14/h5-9H2,1-4H3,(H,15,16,17). The first-order valence-corrected chi connectivity index (χ1v) is 6.80. The lowest BCUT2D eigenvalue weighted by molar-refractivity contribution is -0.0760. The third kappa shape index (κ3) is 2.34. The smallest absolute Gasteiger partial charge is 0.162 e. The van der Waals surface area contributed by atoms with Crippen molar-refractivity contribution in [2.75, 3.05) is 19.0 Å². The van der Waals surface area contributed by atoms with Crippen molar-refractivity contribution in [2.45, 2.75) is 52.1 Å². The first-order chi connectivity index (χ1) is 8.60. The Morgan fingerprint density at radius 1 is 1.33 bits per heavy atom. The summed E-state index contributed by atoms with van der Waals surface area (Å²) in [6.45, 7) is 7.09. The van der Waals surface area contributed by atoms with Crippen molar-refractivity contribution in [2.24, 2.45) is 0 Å². The number of rotatable bonds is 3. The lowest BCUT2D eigenvalue weighted by atomic mass is 9.94. The Bertz CT molecular complexity index is 425. The summed E-state index contributed by atoms with van der Waals surface area (Å²) in [5.74, 6) is 1.76. The quantitative estimate of drug-likeness (QED) is 0.894. The van der Waals surface area contributed by atoms with Gasteiger partial charge in [-0.2, -0.15) is 0 Å². The molecule has 0 amide bonds. The molecule has 1 aromatic heterocycles. The molecule has 4 nitrogen and oxygen atoms in total. The van der Waals surface area contributed by atoms with Crippen LogP contribution in [0, 0.1) is 6.92 Å². The molecule has 1 aliphatic heterocycles. The molecule has 4 heteroatoms. The van der Waals surface area contributed by atoms with Gasteiger partial charge in [0.25, 0.3) is 0 Å². The molecule has 0 aromatic carbocycles. The Morgan fingerprint density at radius 3 is 2.67 bits per heavy atom. The van der Waals surface area contributed by atoms with E-state index in [0.29, 0.717) is 0 Å². The molecule has 0 saturated carbocycles. The van der Waals surface area contributed by atoms with Gasteiger partial charge in [0.15, 0.2) is 5.82 Å². The highest BCUT2D eigenvalue weighted by Crippen LogP contribution is 2.33. The van der Waals surface area contributed by atoms with Gasteiger partial charge in [-0.1, -0.05) is 6.92 Å². The van der Waals surface area contributed by atoms with Crippen LogP contribution in [-0.2, 0) is 16.8 Å². The van der Waals surface area contributed by atoms with Crippen molar-refractivity contribution < 1.29 is 4.74 Å². The number of hydrogen-bond donors (Lipinski definition) is 1. The highest BCUT2D eigenvalue weighted by atomic mass is 16.5. The molecule has 100 valence electrons. The van der Waals surface area contributed by atoms with Crippen molar-refractivity contribution in [3.05, 3.63) is 17.1 Å². The van der Waals surface area contributed by atoms with Crippen LogP contribution in [0.2, 0.25) is 0 Å². The maximum atomic E-state index is 5.93. The molecule has 0 radical (unpaired) electrons. The Kier molecular flexibility index (Phi) is 3.85. The van der Waals surface area contributed by atoms with Gasteiger partial charge in [-0.05, 0) is 39.5 Å². The molecule has 0 aliphatic carbocycles. The Balaban J connectivity index is 2.42. The van der Waals surface area contributed by atoms with Gasteiger partial charge in [-0.25, -0.2) is 9.97 Å². The van der Waals surface area contributed by atoms with Crippen LogP contribution in [0.5, 0.6) is 0 Å². The van der Waals surface area contributed by atoms with Gasteiger partial charge in [-0.15, -0.1) is 0 Å². The van der Waals surface area contributed by atoms with Crippen LogP contribution >= 0.6 is 0 Å². The molecule has 0 bridgehead atoms. The highest BCUT2D eigenvalue weighted by molar-refractivity contribution is 5.46. The van der Waals surface area contributed by atoms with Crippen LogP contribution < -0.4 is 5.32 Å². The van der Waals surface area contributed by atoms with Crippen molar-refractivity contribution in [3.8, 4) is 0 Å². The molecule has 2 rings (SSSR count). The summed E-state index contributed by atoms with van der Waals surface area (Å²) in [4.78, 5) is 9.34. The summed E-state index contributed by atoms with van der Waals surface area (Å²) >= 11 is 0. The second-order valence-electron chi connectivity index (χ2n) is 5.10. The third-order valence-electron chi connectivity index (χ3n) is 3.75. The zero-order chi connectivity index (χ0) is 13.2. The Labute approximate surface area is 109 Å². The zero-order valence-corrected chi connectivity index (χ0v) is 11.8. The molecule has 1 N–H and O–H groups in total. The summed E-state index contributed by atoms with van der Waals surface area (Å²) in [6.07, 6.45) is 4.27. The van der Waals surface area contributed by atoms with Crippen LogP contribution in [0.3, 0.4) is 0 Å². The minimum atomic E-state index is -0.319. The van der Waals surface area contributed by atoms with Crippen molar-refractivity contribution in [1.82, 2.24) is 9.97 Å². The molecule has 1 aromatic rings. The molecule has 2 heterocycles. The number of aromatic nitrogens is 2. The van der Waals surface area contributed by atoms with E-state index >= 15 is 0 Å². The fourth-order valence-electron chi connectivity index (χ4n) is 2.57. The van der Waals surface area contributed by atoms with E-state index in [0.717, 1.165) is 43.2 Å². The van der Waals surface area contributed by atoms with Crippen molar-refractivity contribution in [1.29, 1.82) is 0 Å². The predicted octanol–water partition coefficient (Wildman–Crippen LogP) is 2.80. The normalized spacial score (nSPS) is 24.0. The summed E-state index contributed by atoms with van der Waals surface area (Å²) in [7, 11) is 1.91. The summed E-state index contributed by atoms with van der Waals surface area (Å²) in [5.41, 5.74) is 1.93. The minimum absolute atomic E-state index is 0.319. The molecule has 1 fully saturated rings. The van der Waals surface area contributed by atoms with Crippen LogP contribution in [-0.4, -0.2) is 23.6 Å². The maximum Gasteiger partial charge on any atom is 0.162 e. The van der Waals surface area contributed by atoms with E-state index in [1.807, 2.05) is 7.05 Å². The first-order valence-electron chi connectivity index (χ1n) is 6.80. The van der Waals surface area contributed by atoms with E-state index in [1.54, 1.807) is 0 Å². The first kappa shape index (κ1) is 13.3. The Hall–Kier alpha value is -1.16. The molecular weight excluding hydrogens is 226 g/mol. The van der Waals surface area contributed by atoms with E-state index in [2.05, 4.69) is 36.1 Å². The number of aryl methyl sites for hydroxylation is 1. The average Bonchev–Trinajstić information content (AvgIpc) is 2.38. The number of nitrogens with zero attached hydrogens (tertiary/aromatic N) is 2. The minimum Gasteiger partial charge on any atom is -0.373 e. The van der Waals surface area contributed by atoms with Crippen LogP contribution in [0.25, 0.3) is 0 Å². The molecule has 1 atom stereocenters. The molecule has 18 heavy (non-hydrogen) atoms. The molecular formula is C14H23N3O. The van der Waals surface area contributed by atoms with E-state index in [-0.39, 0.29) is 5.60 Å².